The molecule has 0 saturated heterocycles. The van der Waals surface area contributed by atoms with E-state index in [1.807, 2.05) is 0 Å². The molecule has 39 heavy (non-hydrogen) atoms. The molecule has 12 heteroatoms. The van der Waals surface area contributed by atoms with Gasteiger partial charge in [-0.1, -0.05) is 28.6 Å². The van der Waals surface area contributed by atoms with Crippen LogP contribution in [-0.4, -0.2) is 22.0 Å². The maximum Gasteiger partial charge on any atom is 0.416 e. The van der Waals surface area contributed by atoms with E-state index in [1.165, 1.54) is 23.5 Å². The second-order valence-electron chi connectivity index (χ2n) is 8.68. The molecule has 5 aromatic rings. The molecule has 0 aliphatic carbocycles. The Morgan fingerprint density at radius 1 is 0.897 bits per heavy atom. The number of anilines is 4. The fourth-order valence-electron chi connectivity index (χ4n) is 3.72. The Balaban J connectivity index is 1.30. The van der Waals surface area contributed by atoms with Crippen molar-refractivity contribution in [1.82, 2.24) is 10.1 Å². The largest absolute Gasteiger partial charge is 0.416 e. The second kappa shape index (κ2) is 10.2. The summed E-state index contributed by atoms with van der Waals surface area (Å²) < 4.78 is 45.0. The number of aryl methyl sites for hydroxylation is 2. The Labute approximate surface area is 223 Å². The van der Waals surface area contributed by atoms with Gasteiger partial charge in [-0.05, 0) is 67.9 Å². The lowest BCUT2D eigenvalue weighted by Gasteiger charge is -2.13. The summed E-state index contributed by atoms with van der Waals surface area (Å²) in [6.07, 6.45) is -4.56. The van der Waals surface area contributed by atoms with Crippen LogP contribution in [0, 0.1) is 13.8 Å². The van der Waals surface area contributed by atoms with E-state index in [-0.39, 0.29) is 11.5 Å². The third kappa shape index (κ3) is 5.91. The molecule has 198 valence electrons. The van der Waals surface area contributed by atoms with E-state index >= 15 is 0 Å². The Kier molecular flexibility index (Phi) is 6.79. The average molecular weight is 552 g/mol. The highest BCUT2D eigenvalue weighted by Crippen LogP contribution is 2.31. The van der Waals surface area contributed by atoms with Crippen molar-refractivity contribution >= 4 is 55.8 Å². The van der Waals surface area contributed by atoms with Crippen LogP contribution in [0.25, 0.3) is 10.2 Å². The highest BCUT2D eigenvalue weighted by atomic mass is 32.1. The molecule has 3 N–H and O–H groups in total. The molecule has 0 unspecified atom stereocenters. The Hall–Kier alpha value is -4.71. The van der Waals surface area contributed by atoms with Crippen molar-refractivity contribution in [3.8, 4) is 0 Å². The summed E-state index contributed by atoms with van der Waals surface area (Å²) in [4.78, 5) is 30.1. The number of carbonyl (C=O) groups excluding carboxylic acids is 2. The summed E-state index contributed by atoms with van der Waals surface area (Å²) in [7, 11) is 0. The third-order valence-corrected chi connectivity index (χ3v) is 6.64. The Bertz CT molecular complexity index is 1710. The molecular weight excluding hydrogens is 531 g/mol. The first-order chi connectivity index (χ1) is 18.5. The van der Waals surface area contributed by atoms with Gasteiger partial charge < -0.3 is 15.2 Å². The number of hydrogen-bond acceptors (Lipinski definition) is 7. The molecular formula is C27H20F3N5O3S. The van der Waals surface area contributed by atoms with Gasteiger partial charge >= 0.3 is 6.18 Å². The number of aromatic nitrogens is 2. The van der Waals surface area contributed by atoms with Gasteiger partial charge in [0.25, 0.3) is 11.8 Å². The van der Waals surface area contributed by atoms with Gasteiger partial charge in [-0.2, -0.15) is 13.2 Å². The van der Waals surface area contributed by atoms with Gasteiger partial charge in [0.05, 0.1) is 21.5 Å². The molecule has 8 nitrogen and oxygen atoms in total. The fourth-order valence-corrected chi connectivity index (χ4v) is 4.62. The predicted octanol–water partition coefficient (Wildman–Crippen LogP) is 7.17. The lowest BCUT2D eigenvalue weighted by molar-refractivity contribution is -0.137. The van der Waals surface area contributed by atoms with E-state index in [1.54, 1.807) is 56.3 Å². The molecule has 2 amide bonds. The van der Waals surface area contributed by atoms with Crippen LogP contribution in [0.5, 0.6) is 0 Å². The van der Waals surface area contributed by atoms with Crippen LogP contribution in [0.3, 0.4) is 0 Å². The zero-order valence-electron chi connectivity index (χ0n) is 20.5. The van der Waals surface area contributed by atoms with E-state index < -0.39 is 17.6 Å². The van der Waals surface area contributed by atoms with Gasteiger partial charge in [-0.25, -0.2) is 4.98 Å². The number of nitrogens with zero attached hydrogens (tertiary/aromatic N) is 2. The van der Waals surface area contributed by atoms with Crippen LogP contribution < -0.4 is 16.0 Å². The topological polar surface area (TPSA) is 109 Å². The number of benzene rings is 3. The predicted molar refractivity (Wildman–Crippen MR) is 143 cm³/mol. The number of carbonyl (C=O) groups is 2. The standard InChI is InChI=1S/C27H20F3N5O3S/c1-14-6-8-19(31-24(36)16-4-3-5-18(11-16)27(28,29)30)13-21(14)32-25(37)17-7-9-20-22(12-17)39-26(33-20)34-23-10-15(2)35-38-23/h3-13H,1-2H3,(H,31,36)(H,32,37)(H,33,34). The number of amides is 2. The zero-order chi connectivity index (χ0) is 27.7. The summed E-state index contributed by atoms with van der Waals surface area (Å²) >= 11 is 1.34. The lowest BCUT2D eigenvalue weighted by atomic mass is 10.1. The normalized spacial score (nSPS) is 11.4. The molecule has 0 saturated carbocycles. The van der Waals surface area contributed by atoms with Crippen molar-refractivity contribution in [2.75, 3.05) is 16.0 Å². The highest BCUT2D eigenvalue weighted by Gasteiger charge is 2.31. The summed E-state index contributed by atoms with van der Waals surface area (Å²) in [6, 6.07) is 15.8. The monoisotopic (exact) mass is 551 g/mol. The van der Waals surface area contributed by atoms with E-state index in [0.717, 1.165) is 28.1 Å². The number of rotatable bonds is 6. The smallest absolute Gasteiger partial charge is 0.338 e. The van der Waals surface area contributed by atoms with Crippen LogP contribution in [-0.2, 0) is 6.18 Å². The van der Waals surface area contributed by atoms with Gasteiger partial charge in [0, 0.05) is 28.6 Å². The highest BCUT2D eigenvalue weighted by molar-refractivity contribution is 7.22. The third-order valence-electron chi connectivity index (χ3n) is 5.70. The Morgan fingerprint density at radius 3 is 2.41 bits per heavy atom. The summed E-state index contributed by atoms with van der Waals surface area (Å²) in [6.45, 7) is 3.59. The quantitative estimate of drug-likeness (QED) is 0.206. The first kappa shape index (κ1) is 25.9. The molecule has 0 bridgehead atoms. The average Bonchev–Trinajstić information content (AvgIpc) is 3.50. The van der Waals surface area contributed by atoms with E-state index in [0.29, 0.717) is 33.5 Å². The molecule has 0 aliphatic heterocycles. The Morgan fingerprint density at radius 2 is 1.67 bits per heavy atom. The molecule has 2 aromatic heterocycles. The van der Waals surface area contributed by atoms with Crippen LogP contribution in [0.1, 0.15) is 37.5 Å². The van der Waals surface area contributed by atoms with Gasteiger partial charge in [0.15, 0.2) is 5.13 Å². The molecule has 3 aromatic carbocycles. The van der Waals surface area contributed by atoms with Gasteiger partial charge in [0.2, 0.25) is 5.88 Å². The van der Waals surface area contributed by atoms with Crippen molar-refractivity contribution < 1.29 is 27.3 Å². The van der Waals surface area contributed by atoms with Gasteiger partial charge in [-0.15, -0.1) is 0 Å². The summed E-state index contributed by atoms with van der Waals surface area (Å²) in [5, 5.41) is 12.9. The van der Waals surface area contributed by atoms with Crippen LogP contribution in [0.15, 0.2) is 71.3 Å². The molecule has 2 heterocycles. The molecule has 5 rings (SSSR count). The number of halogens is 3. The molecule has 0 spiro atoms. The second-order valence-corrected chi connectivity index (χ2v) is 9.71. The van der Waals surface area contributed by atoms with Crippen molar-refractivity contribution in [2.45, 2.75) is 20.0 Å². The van der Waals surface area contributed by atoms with Crippen LogP contribution >= 0.6 is 11.3 Å². The SMILES string of the molecule is Cc1cc(Nc2nc3ccc(C(=O)Nc4cc(NC(=O)c5cccc(C(F)(F)F)c5)ccc4C)cc3s2)on1. The number of thiazole rings is 1. The fraction of sp³-hybridized carbons (Fsp3) is 0.111. The van der Waals surface area contributed by atoms with E-state index in [2.05, 4.69) is 26.1 Å². The molecule has 0 atom stereocenters. The van der Waals surface area contributed by atoms with Gasteiger partial charge in [0.1, 0.15) is 0 Å². The maximum absolute atomic E-state index is 13.0. The van der Waals surface area contributed by atoms with Crippen molar-refractivity contribution in [3.05, 3.63) is 94.7 Å². The number of hydrogen-bond donors (Lipinski definition) is 3. The maximum atomic E-state index is 13.0. The first-order valence-corrected chi connectivity index (χ1v) is 12.4. The zero-order valence-corrected chi connectivity index (χ0v) is 21.3. The van der Waals surface area contributed by atoms with Crippen molar-refractivity contribution in [2.24, 2.45) is 0 Å². The minimum absolute atomic E-state index is 0.138. The number of alkyl halides is 3. The molecule has 0 fully saturated rings. The van der Waals surface area contributed by atoms with Crippen molar-refractivity contribution in [1.29, 1.82) is 0 Å². The number of nitrogens with one attached hydrogen (secondary N) is 3. The van der Waals surface area contributed by atoms with Gasteiger partial charge in [-0.3, -0.25) is 14.9 Å². The first-order valence-electron chi connectivity index (χ1n) is 11.6. The number of fused-ring (bicyclic) bond motifs is 1. The minimum atomic E-state index is -4.56. The van der Waals surface area contributed by atoms with Crippen LogP contribution in [0.4, 0.5) is 35.6 Å². The van der Waals surface area contributed by atoms with E-state index in [9.17, 15) is 22.8 Å². The summed E-state index contributed by atoms with van der Waals surface area (Å²) in [5.41, 5.74) is 2.25. The molecule has 0 aliphatic rings. The van der Waals surface area contributed by atoms with Crippen LogP contribution in [0.2, 0.25) is 0 Å². The minimum Gasteiger partial charge on any atom is -0.338 e. The lowest BCUT2D eigenvalue weighted by Crippen LogP contribution is -2.15. The van der Waals surface area contributed by atoms with E-state index in [4.69, 9.17) is 4.52 Å². The van der Waals surface area contributed by atoms with Crippen molar-refractivity contribution in [3.63, 3.8) is 0 Å². The molecule has 0 radical (unpaired) electrons. The summed E-state index contributed by atoms with van der Waals surface area (Å²) in [5.74, 6) is -0.627.